The van der Waals surface area contributed by atoms with Crippen LogP contribution in [-0.4, -0.2) is 22.9 Å². The van der Waals surface area contributed by atoms with E-state index in [0.29, 0.717) is 12.1 Å². The first-order chi connectivity index (χ1) is 11.4. The van der Waals surface area contributed by atoms with Gasteiger partial charge in [-0.25, -0.2) is 0 Å². The molecule has 2 rings (SSSR count). The van der Waals surface area contributed by atoms with E-state index in [1.807, 2.05) is 57.2 Å². The Balaban J connectivity index is 2.14. The SMILES string of the molecule is Cc1ccc(CNC(CC(=O)O)C(=O)c2ccc(C)c(C)c2)cc1. The largest absolute Gasteiger partial charge is 0.481 e. The molecule has 4 heteroatoms. The zero-order valence-corrected chi connectivity index (χ0v) is 14.3. The van der Waals surface area contributed by atoms with Crippen molar-refractivity contribution >= 4 is 11.8 Å². The van der Waals surface area contributed by atoms with Gasteiger partial charge in [-0.2, -0.15) is 0 Å². The lowest BCUT2D eigenvalue weighted by molar-refractivity contribution is -0.137. The summed E-state index contributed by atoms with van der Waals surface area (Å²) in [5.74, 6) is -1.18. The molecule has 1 unspecified atom stereocenters. The molecule has 0 saturated carbocycles. The molecule has 4 nitrogen and oxygen atoms in total. The minimum Gasteiger partial charge on any atom is -0.481 e. The summed E-state index contributed by atoms with van der Waals surface area (Å²) >= 11 is 0. The number of aliphatic carboxylic acids is 1. The molecular formula is C20H23NO3. The minimum absolute atomic E-state index is 0.187. The summed E-state index contributed by atoms with van der Waals surface area (Å²) in [5, 5.41) is 12.2. The predicted molar refractivity (Wildman–Crippen MR) is 94.3 cm³/mol. The van der Waals surface area contributed by atoms with Crippen LogP contribution in [0.25, 0.3) is 0 Å². The molecule has 1 atom stereocenters. The molecule has 2 aromatic carbocycles. The summed E-state index contributed by atoms with van der Waals surface area (Å²) in [6.07, 6.45) is -0.238. The highest BCUT2D eigenvalue weighted by molar-refractivity contribution is 6.01. The second-order valence-electron chi connectivity index (χ2n) is 6.18. The summed E-state index contributed by atoms with van der Waals surface area (Å²) in [6.45, 7) is 6.38. The quantitative estimate of drug-likeness (QED) is 0.766. The van der Waals surface area contributed by atoms with Crippen molar-refractivity contribution in [1.29, 1.82) is 0 Å². The van der Waals surface area contributed by atoms with Crippen LogP contribution in [0, 0.1) is 20.8 Å². The molecule has 0 bridgehead atoms. The Morgan fingerprint density at radius 2 is 1.67 bits per heavy atom. The van der Waals surface area contributed by atoms with Crippen LogP contribution in [-0.2, 0) is 11.3 Å². The zero-order chi connectivity index (χ0) is 17.7. The molecule has 0 radical (unpaired) electrons. The van der Waals surface area contributed by atoms with E-state index in [2.05, 4.69) is 5.32 Å². The number of benzene rings is 2. The Morgan fingerprint density at radius 3 is 2.25 bits per heavy atom. The van der Waals surface area contributed by atoms with Crippen molar-refractivity contribution in [2.24, 2.45) is 0 Å². The lowest BCUT2D eigenvalue weighted by Gasteiger charge is -2.17. The van der Waals surface area contributed by atoms with Gasteiger partial charge >= 0.3 is 5.97 Å². The number of aryl methyl sites for hydroxylation is 3. The summed E-state index contributed by atoms with van der Waals surface area (Å²) < 4.78 is 0. The van der Waals surface area contributed by atoms with Crippen LogP contribution in [0.15, 0.2) is 42.5 Å². The summed E-state index contributed by atoms with van der Waals surface area (Å²) in [5.41, 5.74) is 4.85. The van der Waals surface area contributed by atoms with E-state index in [9.17, 15) is 9.59 Å². The molecule has 0 heterocycles. The van der Waals surface area contributed by atoms with E-state index >= 15 is 0 Å². The van der Waals surface area contributed by atoms with Crippen molar-refractivity contribution in [2.75, 3.05) is 0 Å². The third-order valence-corrected chi connectivity index (χ3v) is 4.16. The second kappa shape index (κ2) is 7.88. The first kappa shape index (κ1) is 17.9. The van der Waals surface area contributed by atoms with Gasteiger partial charge in [0.2, 0.25) is 0 Å². The van der Waals surface area contributed by atoms with Gasteiger partial charge in [0.1, 0.15) is 0 Å². The van der Waals surface area contributed by atoms with E-state index in [4.69, 9.17) is 5.11 Å². The minimum atomic E-state index is -0.992. The van der Waals surface area contributed by atoms with Crippen LogP contribution in [0.4, 0.5) is 0 Å². The average Bonchev–Trinajstić information content (AvgIpc) is 2.54. The third-order valence-electron chi connectivity index (χ3n) is 4.16. The lowest BCUT2D eigenvalue weighted by Crippen LogP contribution is -2.38. The lowest BCUT2D eigenvalue weighted by atomic mass is 9.97. The number of hydrogen-bond donors (Lipinski definition) is 2. The number of nitrogens with one attached hydrogen (secondary N) is 1. The van der Waals surface area contributed by atoms with Crippen LogP contribution in [0.5, 0.6) is 0 Å². The Labute approximate surface area is 142 Å². The summed E-state index contributed by atoms with van der Waals surface area (Å²) in [4.78, 5) is 23.8. The number of carboxylic acid groups (broad SMARTS) is 1. The average molecular weight is 325 g/mol. The number of ketones is 1. The molecule has 2 aromatic rings. The molecule has 0 saturated heterocycles. The number of carboxylic acids is 1. The van der Waals surface area contributed by atoms with E-state index in [-0.39, 0.29) is 12.2 Å². The molecule has 24 heavy (non-hydrogen) atoms. The molecule has 0 spiro atoms. The van der Waals surface area contributed by atoms with Crippen molar-refractivity contribution in [2.45, 2.75) is 39.8 Å². The Morgan fingerprint density at radius 1 is 1.00 bits per heavy atom. The van der Waals surface area contributed by atoms with Crippen molar-refractivity contribution < 1.29 is 14.7 Å². The molecule has 0 aliphatic rings. The van der Waals surface area contributed by atoms with Gasteiger partial charge in [0, 0.05) is 12.1 Å². The smallest absolute Gasteiger partial charge is 0.305 e. The fourth-order valence-corrected chi connectivity index (χ4v) is 2.48. The predicted octanol–water partition coefficient (Wildman–Crippen LogP) is 3.43. The first-order valence-electron chi connectivity index (χ1n) is 7.99. The van der Waals surface area contributed by atoms with E-state index in [0.717, 1.165) is 22.3 Å². The highest BCUT2D eigenvalue weighted by Crippen LogP contribution is 2.14. The molecule has 2 N–H and O–H groups in total. The maximum Gasteiger partial charge on any atom is 0.305 e. The van der Waals surface area contributed by atoms with Gasteiger partial charge in [0.15, 0.2) is 5.78 Å². The van der Waals surface area contributed by atoms with Gasteiger partial charge in [0.25, 0.3) is 0 Å². The Kier molecular flexibility index (Phi) is 5.88. The second-order valence-corrected chi connectivity index (χ2v) is 6.18. The summed E-state index contributed by atoms with van der Waals surface area (Å²) in [6, 6.07) is 12.7. The van der Waals surface area contributed by atoms with Crippen LogP contribution < -0.4 is 5.32 Å². The first-order valence-corrected chi connectivity index (χ1v) is 7.99. The molecule has 0 fully saturated rings. The van der Waals surface area contributed by atoms with E-state index < -0.39 is 12.0 Å². The highest BCUT2D eigenvalue weighted by atomic mass is 16.4. The Hall–Kier alpha value is -2.46. The molecule has 0 aromatic heterocycles. The summed E-state index contributed by atoms with van der Waals surface area (Å²) in [7, 11) is 0. The maximum absolute atomic E-state index is 12.7. The van der Waals surface area contributed by atoms with Gasteiger partial charge in [0.05, 0.1) is 12.5 Å². The van der Waals surface area contributed by atoms with E-state index in [1.54, 1.807) is 6.07 Å². The van der Waals surface area contributed by atoms with Crippen LogP contribution in [0.3, 0.4) is 0 Å². The zero-order valence-electron chi connectivity index (χ0n) is 14.3. The fourth-order valence-electron chi connectivity index (χ4n) is 2.48. The number of hydrogen-bond acceptors (Lipinski definition) is 3. The van der Waals surface area contributed by atoms with Crippen molar-refractivity contribution in [3.05, 3.63) is 70.3 Å². The molecular weight excluding hydrogens is 302 g/mol. The third kappa shape index (κ3) is 4.77. The molecule has 0 aliphatic heterocycles. The van der Waals surface area contributed by atoms with Crippen molar-refractivity contribution in [3.63, 3.8) is 0 Å². The van der Waals surface area contributed by atoms with Gasteiger partial charge in [-0.15, -0.1) is 0 Å². The van der Waals surface area contributed by atoms with Crippen molar-refractivity contribution in [1.82, 2.24) is 5.32 Å². The topological polar surface area (TPSA) is 66.4 Å². The molecule has 126 valence electrons. The highest BCUT2D eigenvalue weighted by Gasteiger charge is 2.22. The van der Waals surface area contributed by atoms with Gasteiger partial charge in [-0.05, 0) is 43.5 Å². The molecule has 0 amide bonds. The monoisotopic (exact) mass is 325 g/mol. The van der Waals surface area contributed by atoms with Crippen LogP contribution in [0.2, 0.25) is 0 Å². The maximum atomic E-state index is 12.7. The van der Waals surface area contributed by atoms with Crippen LogP contribution in [0.1, 0.15) is 39.0 Å². The normalized spacial score (nSPS) is 12.0. The molecule has 0 aliphatic carbocycles. The van der Waals surface area contributed by atoms with Gasteiger partial charge < -0.3 is 10.4 Å². The number of rotatable bonds is 7. The van der Waals surface area contributed by atoms with Gasteiger partial charge in [-0.1, -0.05) is 42.0 Å². The number of Topliss-reactive ketones (excluding diaryl/α,β-unsaturated/α-hetero) is 1. The number of carbonyl (C=O) groups excluding carboxylic acids is 1. The van der Waals surface area contributed by atoms with Crippen molar-refractivity contribution in [3.8, 4) is 0 Å². The Bertz CT molecular complexity index is 735. The fraction of sp³-hybridized carbons (Fsp3) is 0.300. The standard InChI is InChI=1S/C20H23NO3/c1-13-4-7-16(8-5-13)12-21-18(11-19(22)23)20(24)17-9-6-14(2)15(3)10-17/h4-10,18,21H,11-12H2,1-3H3,(H,22,23). The number of carbonyl (C=O) groups is 2. The van der Waals surface area contributed by atoms with E-state index in [1.165, 1.54) is 0 Å². The van der Waals surface area contributed by atoms with Gasteiger partial charge in [-0.3, -0.25) is 9.59 Å². The van der Waals surface area contributed by atoms with Crippen LogP contribution >= 0.6 is 0 Å².